The predicted molar refractivity (Wildman–Crippen MR) is 94.4 cm³/mol. The van der Waals surface area contributed by atoms with Gasteiger partial charge in [0.05, 0.1) is 23.3 Å². The first kappa shape index (κ1) is 24.3. The summed E-state index contributed by atoms with van der Waals surface area (Å²) in [4.78, 5) is 26.3. The Bertz CT molecular complexity index is 1070. The first-order valence-corrected chi connectivity index (χ1v) is 8.36. The van der Waals surface area contributed by atoms with Crippen molar-refractivity contribution in [1.29, 1.82) is 0 Å². The van der Waals surface area contributed by atoms with Crippen molar-refractivity contribution in [2.24, 2.45) is 0 Å². The van der Waals surface area contributed by atoms with Crippen molar-refractivity contribution < 1.29 is 83.6 Å². The molecule has 0 aliphatic carbocycles. The number of carbonyl (C=O) groups excluding carboxylic acids is 2. The molecule has 2 aromatic carbocycles. The second-order valence-electron chi connectivity index (χ2n) is 6.19. The van der Waals surface area contributed by atoms with Crippen LogP contribution in [0.2, 0.25) is 0 Å². The SMILES string of the molecule is O=C(Nc1ccccc1C(F)(F)F)NC(Cc1c[nH]c2cccc(F)c12)C(=O)[O-].[K+]. The van der Waals surface area contributed by atoms with Gasteiger partial charge in [0.25, 0.3) is 0 Å². The van der Waals surface area contributed by atoms with Gasteiger partial charge < -0.3 is 25.5 Å². The van der Waals surface area contributed by atoms with Crippen LogP contribution in [-0.4, -0.2) is 23.0 Å². The van der Waals surface area contributed by atoms with E-state index >= 15 is 0 Å². The number of carboxylic acid groups (broad SMARTS) is 1. The van der Waals surface area contributed by atoms with Crippen LogP contribution < -0.4 is 67.1 Å². The van der Waals surface area contributed by atoms with E-state index in [2.05, 4.69) is 10.3 Å². The molecule has 0 aliphatic heterocycles. The minimum atomic E-state index is -4.71. The topological polar surface area (TPSA) is 97.1 Å². The number of alkyl halides is 3. The summed E-state index contributed by atoms with van der Waals surface area (Å²) < 4.78 is 53.1. The Labute approximate surface area is 210 Å². The summed E-state index contributed by atoms with van der Waals surface area (Å²) in [6.45, 7) is 0. The summed E-state index contributed by atoms with van der Waals surface area (Å²) in [5.74, 6) is -2.26. The number of aromatic nitrogens is 1. The van der Waals surface area contributed by atoms with Gasteiger partial charge in [-0.05, 0) is 29.8 Å². The Kier molecular flexibility index (Phi) is 8.05. The molecule has 3 N–H and O–H groups in total. The number of nitrogens with one attached hydrogen (secondary N) is 3. The van der Waals surface area contributed by atoms with Crippen molar-refractivity contribution >= 4 is 28.6 Å². The fraction of sp³-hybridized carbons (Fsp3) is 0.158. The summed E-state index contributed by atoms with van der Waals surface area (Å²) in [7, 11) is 0. The number of anilines is 1. The van der Waals surface area contributed by atoms with Gasteiger partial charge in [-0.2, -0.15) is 13.2 Å². The number of carbonyl (C=O) groups is 2. The molecule has 0 spiro atoms. The van der Waals surface area contributed by atoms with Crippen molar-refractivity contribution in [1.82, 2.24) is 10.3 Å². The zero-order valence-electron chi connectivity index (χ0n) is 15.6. The Balaban J connectivity index is 0.00000320. The summed E-state index contributed by atoms with van der Waals surface area (Å²) >= 11 is 0. The maximum atomic E-state index is 14.0. The van der Waals surface area contributed by atoms with Crippen LogP contribution in [0.4, 0.5) is 28.0 Å². The van der Waals surface area contributed by atoms with Crippen LogP contribution in [0.5, 0.6) is 0 Å². The van der Waals surface area contributed by atoms with Crippen molar-refractivity contribution in [3.63, 3.8) is 0 Å². The van der Waals surface area contributed by atoms with Crippen LogP contribution in [-0.2, 0) is 17.4 Å². The maximum Gasteiger partial charge on any atom is 1.00 e. The van der Waals surface area contributed by atoms with Gasteiger partial charge in [-0.1, -0.05) is 18.2 Å². The number of amides is 2. The molecule has 2 amide bonds. The largest absolute Gasteiger partial charge is 1.00 e. The number of urea groups is 1. The minimum Gasteiger partial charge on any atom is -0.548 e. The molecular formula is C19H14F4KN3O3. The maximum absolute atomic E-state index is 14.0. The van der Waals surface area contributed by atoms with Crippen LogP contribution in [0.1, 0.15) is 11.1 Å². The van der Waals surface area contributed by atoms with E-state index in [1.165, 1.54) is 24.4 Å². The Morgan fingerprint density at radius 1 is 1.10 bits per heavy atom. The molecular weight excluding hydrogens is 433 g/mol. The van der Waals surface area contributed by atoms with Gasteiger partial charge in [-0.3, -0.25) is 0 Å². The van der Waals surface area contributed by atoms with E-state index in [0.717, 1.165) is 18.2 Å². The molecule has 1 unspecified atom stereocenters. The summed E-state index contributed by atoms with van der Waals surface area (Å²) in [6, 6.07) is 5.73. The minimum absolute atomic E-state index is 0. The van der Waals surface area contributed by atoms with Crippen molar-refractivity contribution in [2.75, 3.05) is 5.32 Å². The van der Waals surface area contributed by atoms with Crippen LogP contribution in [0.15, 0.2) is 48.7 Å². The molecule has 6 nitrogen and oxygen atoms in total. The first-order chi connectivity index (χ1) is 13.7. The van der Waals surface area contributed by atoms with Crippen LogP contribution in [0, 0.1) is 5.82 Å². The molecule has 0 bridgehead atoms. The molecule has 0 saturated carbocycles. The second kappa shape index (κ2) is 9.92. The second-order valence-corrected chi connectivity index (χ2v) is 6.19. The number of rotatable bonds is 5. The Hall–Kier alpha value is -1.92. The number of benzene rings is 2. The molecule has 1 heterocycles. The predicted octanol–water partition coefficient (Wildman–Crippen LogP) is -0.188. The average Bonchev–Trinajstić information content (AvgIpc) is 3.05. The van der Waals surface area contributed by atoms with E-state index in [1.807, 2.05) is 5.32 Å². The zero-order valence-corrected chi connectivity index (χ0v) is 18.8. The monoisotopic (exact) mass is 447 g/mol. The van der Waals surface area contributed by atoms with Gasteiger partial charge in [0.2, 0.25) is 0 Å². The van der Waals surface area contributed by atoms with Gasteiger partial charge in [-0.15, -0.1) is 0 Å². The number of halogens is 4. The molecule has 0 fully saturated rings. The molecule has 0 radical (unpaired) electrons. The van der Waals surface area contributed by atoms with Crippen LogP contribution >= 0.6 is 0 Å². The number of H-pyrrole nitrogens is 1. The summed E-state index contributed by atoms with van der Waals surface area (Å²) in [5, 5.41) is 15.6. The van der Waals surface area contributed by atoms with Gasteiger partial charge in [-0.25, -0.2) is 9.18 Å². The third kappa shape index (κ3) is 5.61. The number of carboxylic acids is 1. The molecule has 30 heavy (non-hydrogen) atoms. The number of hydrogen-bond acceptors (Lipinski definition) is 3. The van der Waals surface area contributed by atoms with E-state index in [0.29, 0.717) is 5.52 Å². The van der Waals surface area contributed by atoms with Gasteiger partial charge in [0, 0.05) is 23.5 Å². The number of para-hydroxylation sites is 1. The third-order valence-electron chi connectivity index (χ3n) is 4.23. The summed E-state index contributed by atoms with van der Waals surface area (Å²) in [6.07, 6.45) is -3.65. The molecule has 1 atom stereocenters. The Morgan fingerprint density at radius 3 is 2.47 bits per heavy atom. The van der Waals surface area contributed by atoms with E-state index in [9.17, 15) is 32.3 Å². The molecule has 0 saturated heterocycles. The fourth-order valence-electron chi connectivity index (χ4n) is 2.94. The number of aromatic amines is 1. The zero-order chi connectivity index (χ0) is 21.2. The summed E-state index contributed by atoms with van der Waals surface area (Å²) in [5.41, 5.74) is -0.921. The molecule has 3 rings (SSSR count). The van der Waals surface area contributed by atoms with E-state index in [4.69, 9.17) is 0 Å². The van der Waals surface area contributed by atoms with Gasteiger partial charge in [0.15, 0.2) is 0 Å². The number of aliphatic carboxylic acids is 1. The van der Waals surface area contributed by atoms with Crippen molar-refractivity contribution in [3.05, 3.63) is 65.6 Å². The molecule has 152 valence electrons. The fourth-order valence-corrected chi connectivity index (χ4v) is 2.94. The molecule has 0 aliphatic rings. The first-order valence-electron chi connectivity index (χ1n) is 8.36. The standard InChI is InChI=1S/C19H15F4N3O3.K/c20-12-5-3-7-14-16(12)10(9-24-14)8-15(17(27)28)26-18(29)25-13-6-2-1-4-11(13)19(21,22)23;/h1-7,9,15,24H,8H2,(H,27,28)(H2,25,26,29);/q;+1/p-1. The number of hydrogen-bond donors (Lipinski definition) is 3. The van der Waals surface area contributed by atoms with Crippen molar-refractivity contribution in [2.45, 2.75) is 18.6 Å². The Morgan fingerprint density at radius 2 is 1.80 bits per heavy atom. The van der Waals surface area contributed by atoms with Crippen LogP contribution in [0.3, 0.4) is 0 Å². The quantitative estimate of drug-likeness (QED) is 0.374. The average molecular weight is 447 g/mol. The smallest absolute Gasteiger partial charge is 0.548 e. The number of fused-ring (bicyclic) bond motifs is 1. The van der Waals surface area contributed by atoms with E-state index < -0.39 is 41.3 Å². The third-order valence-corrected chi connectivity index (χ3v) is 4.23. The van der Waals surface area contributed by atoms with Crippen molar-refractivity contribution in [3.8, 4) is 0 Å². The van der Waals surface area contributed by atoms with Crippen LogP contribution in [0.25, 0.3) is 10.9 Å². The molecule has 1 aromatic heterocycles. The molecule has 11 heteroatoms. The molecule has 3 aromatic rings. The van der Waals surface area contributed by atoms with Gasteiger partial charge >= 0.3 is 63.6 Å². The van der Waals surface area contributed by atoms with E-state index in [-0.39, 0.29) is 68.8 Å². The van der Waals surface area contributed by atoms with Gasteiger partial charge in [0.1, 0.15) is 5.82 Å². The van der Waals surface area contributed by atoms with E-state index in [1.54, 1.807) is 6.07 Å². The normalized spacial score (nSPS) is 12.1.